The Morgan fingerprint density at radius 3 is 2.73 bits per heavy atom. The minimum atomic E-state index is 0.525. The van der Waals surface area contributed by atoms with Crippen LogP contribution in [0, 0.1) is 17.8 Å². The lowest BCUT2D eigenvalue weighted by Gasteiger charge is -2.19. The van der Waals surface area contributed by atoms with Crippen molar-refractivity contribution in [1.29, 1.82) is 0 Å². The van der Waals surface area contributed by atoms with Crippen LogP contribution in [-0.2, 0) is 4.74 Å². The molecule has 2 rings (SSSR count). The molecule has 0 radical (unpaired) electrons. The first kappa shape index (κ1) is 7.88. The van der Waals surface area contributed by atoms with E-state index in [1.807, 2.05) is 7.11 Å². The van der Waals surface area contributed by atoms with Crippen LogP contribution in [-0.4, -0.2) is 19.1 Å². The number of hydrogen-bond acceptors (Lipinski definition) is 1. The molecule has 1 nitrogen and oxygen atoms in total. The second-order valence-corrected chi connectivity index (χ2v) is 4.14. The van der Waals surface area contributed by atoms with Gasteiger partial charge in [-0.15, -0.1) is 11.6 Å². The van der Waals surface area contributed by atoms with Crippen molar-refractivity contribution < 1.29 is 4.74 Å². The number of rotatable bonds is 2. The first-order valence-electron chi connectivity index (χ1n) is 4.45. The maximum atomic E-state index is 5.90. The molecule has 0 heterocycles. The molecule has 0 saturated heterocycles. The third-order valence-electron chi connectivity index (χ3n) is 3.52. The first-order valence-corrected chi connectivity index (χ1v) is 4.99. The predicted molar refractivity (Wildman–Crippen MR) is 45.8 cm³/mol. The number of methoxy groups -OCH3 is 1. The monoisotopic (exact) mass is 174 g/mol. The number of ether oxygens (including phenoxy) is 1. The highest BCUT2D eigenvalue weighted by molar-refractivity contribution is 6.18. The highest BCUT2D eigenvalue weighted by Crippen LogP contribution is 2.50. The van der Waals surface area contributed by atoms with E-state index in [2.05, 4.69) is 0 Å². The zero-order chi connectivity index (χ0) is 7.84. The van der Waals surface area contributed by atoms with Crippen LogP contribution < -0.4 is 0 Å². The molecule has 4 unspecified atom stereocenters. The summed E-state index contributed by atoms with van der Waals surface area (Å²) in [4.78, 5) is 0. The molecule has 64 valence electrons. The summed E-state index contributed by atoms with van der Waals surface area (Å²) < 4.78 is 5.42. The molecule has 4 atom stereocenters. The fourth-order valence-corrected chi connectivity index (χ4v) is 3.40. The Balaban J connectivity index is 2.06. The Hall–Kier alpha value is 0.250. The standard InChI is InChI=1S/C9H15ClO/c1-11-9-4-6-2-3-7(9)8(6)5-10/h6-9H,2-5H2,1H3. The molecule has 0 amide bonds. The number of alkyl halides is 1. The van der Waals surface area contributed by atoms with Crippen LogP contribution in [0.1, 0.15) is 19.3 Å². The van der Waals surface area contributed by atoms with Gasteiger partial charge in [-0.3, -0.25) is 0 Å². The molecule has 2 fully saturated rings. The molecule has 0 aliphatic heterocycles. The minimum Gasteiger partial charge on any atom is -0.381 e. The molecule has 2 aliphatic rings. The Morgan fingerprint density at radius 1 is 1.45 bits per heavy atom. The smallest absolute Gasteiger partial charge is 0.0605 e. The Kier molecular flexibility index (Phi) is 2.11. The van der Waals surface area contributed by atoms with E-state index in [4.69, 9.17) is 16.3 Å². The van der Waals surface area contributed by atoms with Crippen LogP contribution in [0.25, 0.3) is 0 Å². The quantitative estimate of drug-likeness (QED) is 0.584. The predicted octanol–water partition coefficient (Wildman–Crippen LogP) is 2.29. The van der Waals surface area contributed by atoms with Gasteiger partial charge in [0.15, 0.2) is 0 Å². The van der Waals surface area contributed by atoms with Crippen molar-refractivity contribution in [1.82, 2.24) is 0 Å². The third kappa shape index (κ3) is 1.09. The van der Waals surface area contributed by atoms with E-state index >= 15 is 0 Å². The van der Waals surface area contributed by atoms with E-state index in [-0.39, 0.29) is 0 Å². The minimum absolute atomic E-state index is 0.525. The summed E-state index contributed by atoms with van der Waals surface area (Å²) in [6.45, 7) is 0. The largest absolute Gasteiger partial charge is 0.381 e. The van der Waals surface area contributed by atoms with Gasteiger partial charge >= 0.3 is 0 Å². The van der Waals surface area contributed by atoms with Gasteiger partial charge in [0.1, 0.15) is 0 Å². The van der Waals surface area contributed by atoms with Crippen molar-refractivity contribution in [3.63, 3.8) is 0 Å². The highest BCUT2D eigenvalue weighted by Gasteiger charge is 2.47. The average molecular weight is 175 g/mol. The fourth-order valence-electron chi connectivity index (χ4n) is 2.92. The van der Waals surface area contributed by atoms with E-state index in [1.54, 1.807) is 0 Å². The van der Waals surface area contributed by atoms with Gasteiger partial charge in [-0.2, -0.15) is 0 Å². The fraction of sp³-hybridized carbons (Fsp3) is 1.00. The lowest BCUT2D eigenvalue weighted by Crippen LogP contribution is -2.20. The van der Waals surface area contributed by atoms with Crippen molar-refractivity contribution in [3.8, 4) is 0 Å². The van der Waals surface area contributed by atoms with Crippen molar-refractivity contribution in [2.45, 2.75) is 25.4 Å². The van der Waals surface area contributed by atoms with Gasteiger partial charge in [0.2, 0.25) is 0 Å². The highest BCUT2D eigenvalue weighted by atomic mass is 35.5. The normalized spacial score (nSPS) is 48.5. The van der Waals surface area contributed by atoms with Crippen LogP contribution in [0.15, 0.2) is 0 Å². The molecule has 0 aromatic rings. The zero-order valence-corrected chi connectivity index (χ0v) is 7.68. The van der Waals surface area contributed by atoms with Gasteiger partial charge in [0.25, 0.3) is 0 Å². The lowest BCUT2D eigenvalue weighted by molar-refractivity contribution is 0.0534. The van der Waals surface area contributed by atoms with E-state index in [0.717, 1.165) is 23.6 Å². The Morgan fingerprint density at radius 2 is 2.27 bits per heavy atom. The molecular weight excluding hydrogens is 160 g/mol. The van der Waals surface area contributed by atoms with Gasteiger partial charge < -0.3 is 4.74 Å². The lowest BCUT2D eigenvalue weighted by atomic mass is 9.97. The van der Waals surface area contributed by atoms with E-state index in [0.29, 0.717) is 6.10 Å². The molecule has 2 heteroatoms. The summed E-state index contributed by atoms with van der Waals surface area (Å²) in [5.41, 5.74) is 0. The van der Waals surface area contributed by atoms with E-state index in [1.165, 1.54) is 19.3 Å². The molecule has 2 aliphatic carbocycles. The molecule has 2 saturated carbocycles. The third-order valence-corrected chi connectivity index (χ3v) is 3.88. The van der Waals surface area contributed by atoms with Gasteiger partial charge in [0.05, 0.1) is 6.10 Å². The first-order chi connectivity index (χ1) is 5.36. The number of fused-ring (bicyclic) bond motifs is 2. The van der Waals surface area contributed by atoms with Gasteiger partial charge in [-0.05, 0) is 37.0 Å². The molecular formula is C9H15ClO. The van der Waals surface area contributed by atoms with Crippen LogP contribution in [0.2, 0.25) is 0 Å². The molecule has 11 heavy (non-hydrogen) atoms. The van der Waals surface area contributed by atoms with Crippen LogP contribution in [0.4, 0.5) is 0 Å². The van der Waals surface area contributed by atoms with Crippen LogP contribution >= 0.6 is 11.6 Å². The van der Waals surface area contributed by atoms with Crippen molar-refractivity contribution >= 4 is 11.6 Å². The Labute approximate surface area is 73.1 Å². The summed E-state index contributed by atoms with van der Waals surface area (Å²) >= 11 is 5.90. The topological polar surface area (TPSA) is 9.23 Å². The average Bonchev–Trinajstić information content (AvgIpc) is 2.59. The summed E-state index contributed by atoms with van der Waals surface area (Å²) in [6, 6.07) is 0. The molecule has 0 aromatic heterocycles. The van der Waals surface area contributed by atoms with Crippen molar-refractivity contribution in [3.05, 3.63) is 0 Å². The maximum Gasteiger partial charge on any atom is 0.0605 e. The van der Waals surface area contributed by atoms with E-state index < -0.39 is 0 Å². The second kappa shape index (κ2) is 2.95. The second-order valence-electron chi connectivity index (χ2n) is 3.83. The summed E-state index contributed by atoms with van der Waals surface area (Å²) in [7, 11) is 1.83. The molecule has 0 aromatic carbocycles. The van der Waals surface area contributed by atoms with Crippen molar-refractivity contribution in [2.75, 3.05) is 13.0 Å². The van der Waals surface area contributed by atoms with Crippen molar-refractivity contribution in [2.24, 2.45) is 17.8 Å². The van der Waals surface area contributed by atoms with Gasteiger partial charge in [0, 0.05) is 13.0 Å². The summed E-state index contributed by atoms with van der Waals surface area (Å²) in [5.74, 6) is 3.27. The zero-order valence-electron chi connectivity index (χ0n) is 6.92. The van der Waals surface area contributed by atoms with Crippen LogP contribution in [0.3, 0.4) is 0 Å². The number of hydrogen-bond donors (Lipinski definition) is 0. The summed E-state index contributed by atoms with van der Waals surface area (Å²) in [6.07, 6.45) is 4.53. The molecule has 2 bridgehead atoms. The SMILES string of the molecule is COC1CC2CCC1C2CCl. The summed E-state index contributed by atoms with van der Waals surface area (Å²) in [5, 5.41) is 0. The van der Waals surface area contributed by atoms with Crippen LogP contribution in [0.5, 0.6) is 0 Å². The molecule has 0 N–H and O–H groups in total. The van der Waals surface area contributed by atoms with Gasteiger partial charge in [-0.25, -0.2) is 0 Å². The molecule has 0 spiro atoms. The number of halogens is 1. The Bertz CT molecular complexity index is 148. The van der Waals surface area contributed by atoms with Gasteiger partial charge in [-0.1, -0.05) is 0 Å². The maximum absolute atomic E-state index is 5.90. The van der Waals surface area contributed by atoms with E-state index in [9.17, 15) is 0 Å².